The molecule has 0 saturated carbocycles. The van der Waals surface area contributed by atoms with Crippen molar-refractivity contribution in [2.45, 2.75) is 13.3 Å². The van der Waals surface area contributed by atoms with E-state index < -0.39 is 0 Å². The van der Waals surface area contributed by atoms with Crippen molar-refractivity contribution in [2.24, 2.45) is 0 Å². The third-order valence-corrected chi connectivity index (χ3v) is 3.96. The van der Waals surface area contributed by atoms with Gasteiger partial charge in [0.1, 0.15) is 12.2 Å². The highest BCUT2D eigenvalue weighted by molar-refractivity contribution is 6.31. The number of aryl methyl sites for hydroxylation is 1. The average Bonchev–Trinajstić information content (AvgIpc) is 2.88. The van der Waals surface area contributed by atoms with Gasteiger partial charge in [-0.15, -0.1) is 10.2 Å². The van der Waals surface area contributed by atoms with Crippen molar-refractivity contribution in [3.05, 3.63) is 75.8 Å². The molecule has 0 saturated heterocycles. The quantitative estimate of drug-likeness (QED) is 0.713. The number of halogens is 2. The number of benzene rings is 2. The Morgan fingerprint density at radius 3 is 2.57 bits per heavy atom. The molecular formula is C16H13Cl2N3. The average molecular weight is 318 g/mol. The fourth-order valence-electron chi connectivity index (χ4n) is 2.31. The van der Waals surface area contributed by atoms with Gasteiger partial charge in [-0.05, 0) is 42.3 Å². The Bertz CT molecular complexity index is 781. The largest absolute Gasteiger partial charge is 0.286 e. The minimum absolute atomic E-state index is 0.700. The van der Waals surface area contributed by atoms with Crippen molar-refractivity contribution in [1.82, 2.24) is 14.8 Å². The normalized spacial score (nSPS) is 10.8. The first-order valence-electron chi connectivity index (χ1n) is 6.54. The van der Waals surface area contributed by atoms with Gasteiger partial charge in [-0.3, -0.25) is 4.57 Å². The second-order valence-corrected chi connectivity index (χ2v) is 5.63. The predicted octanol–water partition coefficient (Wildman–Crippen LogP) is 4.47. The van der Waals surface area contributed by atoms with Gasteiger partial charge < -0.3 is 0 Å². The third kappa shape index (κ3) is 2.94. The van der Waals surface area contributed by atoms with Crippen molar-refractivity contribution in [3.8, 4) is 5.69 Å². The molecule has 0 amide bonds. The SMILES string of the molecule is Cc1nncn1-c1ccc(Cl)cc1Cc1ccccc1Cl. The lowest BCUT2D eigenvalue weighted by Gasteiger charge is -2.12. The van der Waals surface area contributed by atoms with E-state index in [1.807, 2.05) is 54.0 Å². The molecule has 1 aromatic heterocycles. The molecule has 3 rings (SSSR count). The zero-order chi connectivity index (χ0) is 14.8. The number of hydrogen-bond donors (Lipinski definition) is 0. The van der Waals surface area contributed by atoms with Gasteiger partial charge in [-0.25, -0.2) is 0 Å². The molecule has 0 fully saturated rings. The molecule has 0 unspecified atom stereocenters. The second-order valence-electron chi connectivity index (χ2n) is 4.79. The first kappa shape index (κ1) is 14.1. The van der Waals surface area contributed by atoms with Crippen molar-refractivity contribution >= 4 is 23.2 Å². The number of rotatable bonds is 3. The van der Waals surface area contributed by atoms with E-state index in [2.05, 4.69) is 10.2 Å². The van der Waals surface area contributed by atoms with Gasteiger partial charge in [0.15, 0.2) is 0 Å². The Balaban J connectivity index is 2.08. The Morgan fingerprint density at radius 2 is 1.86 bits per heavy atom. The first-order valence-corrected chi connectivity index (χ1v) is 7.29. The van der Waals surface area contributed by atoms with Crippen LogP contribution in [0.1, 0.15) is 17.0 Å². The van der Waals surface area contributed by atoms with Crippen LogP contribution < -0.4 is 0 Å². The highest BCUT2D eigenvalue weighted by Crippen LogP contribution is 2.26. The summed E-state index contributed by atoms with van der Waals surface area (Å²) in [4.78, 5) is 0. The smallest absolute Gasteiger partial charge is 0.134 e. The summed E-state index contributed by atoms with van der Waals surface area (Å²) in [6.07, 6.45) is 2.40. The lowest BCUT2D eigenvalue weighted by atomic mass is 10.0. The van der Waals surface area contributed by atoms with Crippen molar-refractivity contribution in [2.75, 3.05) is 0 Å². The van der Waals surface area contributed by atoms with Crippen LogP contribution in [0.2, 0.25) is 10.0 Å². The van der Waals surface area contributed by atoms with Crippen LogP contribution in [0.4, 0.5) is 0 Å². The van der Waals surface area contributed by atoms with Crippen molar-refractivity contribution in [3.63, 3.8) is 0 Å². The highest BCUT2D eigenvalue weighted by atomic mass is 35.5. The summed E-state index contributed by atoms with van der Waals surface area (Å²) in [7, 11) is 0. The molecule has 0 aliphatic carbocycles. The molecule has 0 spiro atoms. The van der Waals surface area contributed by atoms with Crippen LogP contribution >= 0.6 is 23.2 Å². The molecule has 1 heterocycles. The van der Waals surface area contributed by atoms with Crippen LogP contribution in [-0.2, 0) is 6.42 Å². The van der Waals surface area contributed by atoms with Crippen LogP contribution in [0.5, 0.6) is 0 Å². The zero-order valence-corrected chi connectivity index (χ0v) is 12.9. The Hall–Kier alpha value is -1.84. The molecule has 0 aliphatic heterocycles. The van der Waals surface area contributed by atoms with Crippen LogP contribution in [-0.4, -0.2) is 14.8 Å². The van der Waals surface area contributed by atoms with Crippen molar-refractivity contribution < 1.29 is 0 Å². The molecule has 21 heavy (non-hydrogen) atoms. The van der Waals surface area contributed by atoms with Gasteiger partial charge >= 0.3 is 0 Å². The van der Waals surface area contributed by atoms with E-state index in [1.165, 1.54) is 0 Å². The van der Waals surface area contributed by atoms with Gasteiger partial charge in [0.2, 0.25) is 0 Å². The molecule has 0 aliphatic rings. The van der Waals surface area contributed by atoms with Crippen molar-refractivity contribution in [1.29, 1.82) is 0 Å². The first-order chi connectivity index (χ1) is 10.1. The van der Waals surface area contributed by atoms with Gasteiger partial charge in [-0.1, -0.05) is 41.4 Å². The Morgan fingerprint density at radius 1 is 1.05 bits per heavy atom. The molecule has 0 atom stereocenters. The number of aromatic nitrogens is 3. The molecule has 3 nitrogen and oxygen atoms in total. The molecule has 5 heteroatoms. The van der Waals surface area contributed by atoms with Crippen LogP contribution in [0, 0.1) is 6.92 Å². The molecule has 106 valence electrons. The summed E-state index contributed by atoms with van der Waals surface area (Å²) >= 11 is 12.4. The Kier molecular flexibility index (Phi) is 3.95. The minimum Gasteiger partial charge on any atom is -0.286 e. The van der Waals surface area contributed by atoms with Gasteiger partial charge in [0.05, 0.1) is 5.69 Å². The molecule has 0 radical (unpaired) electrons. The van der Waals surface area contributed by atoms with E-state index in [-0.39, 0.29) is 0 Å². The van der Waals surface area contributed by atoms with E-state index in [4.69, 9.17) is 23.2 Å². The fourth-order valence-corrected chi connectivity index (χ4v) is 2.70. The standard InChI is InChI=1S/C16H13Cl2N3/c1-11-20-19-10-21(11)16-7-6-14(17)9-13(16)8-12-4-2-3-5-15(12)18/h2-7,9-10H,8H2,1H3. The minimum atomic E-state index is 0.700. The zero-order valence-electron chi connectivity index (χ0n) is 11.4. The number of hydrogen-bond acceptors (Lipinski definition) is 2. The third-order valence-electron chi connectivity index (χ3n) is 3.36. The Labute approximate surface area is 133 Å². The highest BCUT2D eigenvalue weighted by Gasteiger charge is 2.10. The summed E-state index contributed by atoms with van der Waals surface area (Å²) in [5.41, 5.74) is 3.16. The van der Waals surface area contributed by atoms with Gasteiger partial charge in [-0.2, -0.15) is 0 Å². The topological polar surface area (TPSA) is 30.7 Å². The lowest BCUT2D eigenvalue weighted by molar-refractivity contribution is 0.950. The van der Waals surface area contributed by atoms with E-state index >= 15 is 0 Å². The maximum Gasteiger partial charge on any atom is 0.134 e. The van der Waals surface area contributed by atoms with E-state index in [1.54, 1.807) is 6.33 Å². The summed E-state index contributed by atoms with van der Waals surface area (Å²) in [5.74, 6) is 0.831. The molecule has 2 aromatic carbocycles. The summed E-state index contributed by atoms with van der Waals surface area (Å²) < 4.78 is 1.95. The summed E-state index contributed by atoms with van der Waals surface area (Å²) in [5, 5.41) is 9.43. The van der Waals surface area contributed by atoms with Gasteiger partial charge in [0, 0.05) is 16.5 Å². The molecular weight excluding hydrogens is 305 g/mol. The van der Waals surface area contributed by atoms with Crippen LogP contribution in [0.25, 0.3) is 5.69 Å². The van der Waals surface area contributed by atoms with E-state index in [9.17, 15) is 0 Å². The molecule has 0 bridgehead atoms. The van der Waals surface area contributed by atoms with Crippen LogP contribution in [0.3, 0.4) is 0 Å². The van der Waals surface area contributed by atoms with Gasteiger partial charge in [0.25, 0.3) is 0 Å². The monoisotopic (exact) mass is 317 g/mol. The lowest BCUT2D eigenvalue weighted by Crippen LogP contribution is -2.02. The fraction of sp³-hybridized carbons (Fsp3) is 0.125. The second kappa shape index (κ2) is 5.88. The molecule has 0 N–H and O–H groups in total. The van der Waals surface area contributed by atoms with E-state index in [0.29, 0.717) is 11.4 Å². The maximum atomic E-state index is 6.26. The van der Waals surface area contributed by atoms with Crippen LogP contribution in [0.15, 0.2) is 48.8 Å². The maximum absolute atomic E-state index is 6.26. The molecule has 3 aromatic rings. The van der Waals surface area contributed by atoms with E-state index in [0.717, 1.165) is 27.7 Å². The predicted molar refractivity (Wildman–Crippen MR) is 85.4 cm³/mol. The summed E-state index contributed by atoms with van der Waals surface area (Å²) in [6, 6.07) is 13.6. The number of nitrogens with zero attached hydrogens (tertiary/aromatic N) is 3. The summed E-state index contributed by atoms with van der Waals surface area (Å²) in [6.45, 7) is 1.92.